The van der Waals surface area contributed by atoms with E-state index in [1.54, 1.807) is 36.4 Å². The average Bonchev–Trinajstić information content (AvgIpc) is 2.49. The van der Waals surface area contributed by atoms with Crippen molar-refractivity contribution in [3.8, 4) is 0 Å². The predicted octanol–water partition coefficient (Wildman–Crippen LogP) is 5.26. The molecule has 2 rings (SSSR count). The van der Waals surface area contributed by atoms with Gasteiger partial charge >= 0.3 is 0 Å². The molecule has 0 unspecified atom stereocenters. The van der Waals surface area contributed by atoms with Crippen LogP contribution in [0.3, 0.4) is 0 Å². The van der Waals surface area contributed by atoms with Gasteiger partial charge in [0.2, 0.25) is 5.91 Å². The zero-order chi connectivity index (χ0) is 16.7. The summed E-state index contributed by atoms with van der Waals surface area (Å²) in [6, 6.07) is 12.7. The maximum absolute atomic E-state index is 13.4. The number of carbonyl (C=O) groups excluding carboxylic acids is 1. The second-order valence-corrected chi connectivity index (χ2v) is 6.68. The Morgan fingerprint density at radius 3 is 2.65 bits per heavy atom. The smallest absolute Gasteiger partial charge is 0.288 e. The zero-order valence-electron chi connectivity index (χ0n) is 12.0. The quantitative estimate of drug-likeness (QED) is 0.685. The van der Waals surface area contributed by atoms with Crippen molar-refractivity contribution < 1.29 is 18.0 Å². The highest BCUT2D eigenvalue weighted by Crippen LogP contribution is 2.27. The predicted molar refractivity (Wildman–Crippen MR) is 88.7 cm³/mol. The Balaban J connectivity index is 1.82. The van der Waals surface area contributed by atoms with E-state index >= 15 is 0 Å². The average molecular weight is 357 g/mol. The summed E-state index contributed by atoms with van der Waals surface area (Å²) in [5, 5.41) is 2.65. The van der Waals surface area contributed by atoms with Crippen molar-refractivity contribution in [1.82, 2.24) is 0 Å². The summed E-state index contributed by atoms with van der Waals surface area (Å²) in [4.78, 5) is 12.7. The van der Waals surface area contributed by atoms with Gasteiger partial charge in [-0.15, -0.1) is 11.8 Å². The molecule has 7 heteroatoms. The summed E-state index contributed by atoms with van der Waals surface area (Å²) < 4.78 is 38.1. The fourth-order valence-electron chi connectivity index (χ4n) is 1.79. The van der Waals surface area contributed by atoms with Crippen LogP contribution in [0.4, 0.5) is 18.9 Å². The van der Waals surface area contributed by atoms with Crippen LogP contribution in [0, 0.1) is 5.82 Å². The second-order valence-electron chi connectivity index (χ2n) is 4.48. The molecule has 2 aromatic carbocycles. The molecular weight excluding hydrogens is 343 g/mol. The van der Waals surface area contributed by atoms with E-state index in [2.05, 4.69) is 5.32 Å². The Kier molecular flexibility index (Phi) is 6.85. The van der Waals surface area contributed by atoms with Crippen LogP contribution >= 0.6 is 23.5 Å². The van der Waals surface area contributed by atoms with Gasteiger partial charge in [-0.05, 0) is 30.3 Å². The number of anilines is 1. The molecule has 0 heterocycles. The van der Waals surface area contributed by atoms with Gasteiger partial charge in [0.25, 0.3) is 5.76 Å². The zero-order valence-corrected chi connectivity index (χ0v) is 13.6. The fourth-order valence-corrected chi connectivity index (χ4v) is 3.23. The lowest BCUT2D eigenvalue weighted by Crippen LogP contribution is -2.12. The van der Waals surface area contributed by atoms with Crippen molar-refractivity contribution in [3.63, 3.8) is 0 Å². The van der Waals surface area contributed by atoms with E-state index in [1.807, 2.05) is 0 Å². The number of nitrogens with one attached hydrogen (secondary N) is 1. The summed E-state index contributed by atoms with van der Waals surface area (Å²) in [6.45, 7) is 0. The number of benzene rings is 2. The Hall–Kier alpha value is -1.60. The monoisotopic (exact) mass is 357 g/mol. The first-order chi connectivity index (χ1) is 11.0. The summed E-state index contributed by atoms with van der Waals surface area (Å²) in [5.41, 5.74) is 0.469. The normalized spacial score (nSPS) is 10.8. The second kappa shape index (κ2) is 8.88. The molecule has 1 amide bonds. The van der Waals surface area contributed by atoms with E-state index in [-0.39, 0.29) is 18.1 Å². The number of carbonyl (C=O) groups is 1. The molecule has 0 aliphatic carbocycles. The topological polar surface area (TPSA) is 29.1 Å². The molecule has 0 bridgehead atoms. The molecule has 0 aromatic heterocycles. The van der Waals surface area contributed by atoms with Crippen molar-refractivity contribution in [2.24, 2.45) is 0 Å². The minimum atomic E-state index is -2.50. The van der Waals surface area contributed by atoms with Crippen LogP contribution in [-0.4, -0.2) is 17.4 Å². The van der Waals surface area contributed by atoms with E-state index in [0.29, 0.717) is 33.0 Å². The highest BCUT2D eigenvalue weighted by Gasteiger charge is 2.08. The van der Waals surface area contributed by atoms with Crippen LogP contribution in [0.1, 0.15) is 6.42 Å². The minimum absolute atomic E-state index is 0.200. The van der Waals surface area contributed by atoms with Crippen LogP contribution in [0.15, 0.2) is 58.3 Å². The van der Waals surface area contributed by atoms with Crippen molar-refractivity contribution in [2.45, 2.75) is 22.0 Å². The standard InChI is InChI=1S/C16H14F3NOS2/c17-13-6-1-2-7-14(13)22-9-8-15(21)20-11-4-3-5-12(10-11)23-16(18)19/h1-7,10,16H,8-9H2,(H,20,21). The Morgan fingerprint density at radius 1 is 1.13 bits per heavy atom. The molecule has 0 saturated heterocycles. The third-order valence-corrected chi connectivity index (χ3v) is 4.52. The number of thioether (sulfide) groups is 2. The number of amides is 1. The molecule has 0 radical (unpaired) electrons. The van der Waals surface area contributed by atoms with Gasteiger partial charge in [0, 0.05) is 27.7 Å². The molecule has 0 aliphatic rings. The van der Waals surface area contributed by atoms with Gasteiger partial charge in [-0.1, -0.05) is 30.0 Å². The molecule has 23 heavy (non-hydrogen) atoms. The number of alkyl halides is 2. The summed E-state index contributed by atoms with van der Waals surface area (Å²) >= 11 is 1.68. The van der Waals surface area contributed by atoms with Crippen LogP contribution in [-0.2, 0) is 4.79 Å². The molecular formula is C16H14F3NOS2. The van der Waals surface area contributed by atoms with Crippen LogP contribution in [0.5, 0.6) is 0 Å². The van der Waals surface area contributed by atoms with E-state index < -0.39 is 5.76 Å². The van der Waals surface area contributed by atoms with Gasteiger partial charge < -0.3 is 5.32 Å². The summed E-state index contributed by atoms with van der Waals surface area (Å²) in [5.74, 6) is -2.63. The van der Waals surface area contributed by atoms with Crippen molar-refractivity contribution in [1.29, 1.82) is 0 Å². The van der Waals surface area contributed by atoms with E-state index in [1.165, 1.54) is 23.9 Å². The molecule has 122 valence electrons. The summed E-state index contributed by atoms with van der Waals surface area (Å²) in [6.07, 6.45) is 0.200. The first-order valence-electron chi connectivity index (χ1n) is 6.76. The third kappa shape index (κ3) is 6.19. The van der Waals surface area contributed by atoms with Gasteiger partial charge in [0.15, 0.2) is 0 Å². The highest BCUT2D eigenvalue weighted by molar-refractivity contribution is 7.99. The SMILES string of the molecule is O=C(CCSc1ccccc1F)Nc1cccc(SC(F)F)c1. The van der Waals surface area contributed by atoms with Gasteiger partial charge in [0.05, 0.1) is 0 Å². The Bertz CT molecular complexity index is 667. The van der Waals surface area contributed by atoms with Crippen molar-refractivity contribution in [3.05, 3.63) is 54.3 Å². The summed E-state index contributed by atoms with van der Waals surface area (Å²) in [7, 11) is 0. The third-order valence-electron chi connectivity index (χ3n) is 2.77. The Labute approximate surface area is 140 Å². The van der Waals surface area contributed by atoms with Crippen LogP contribution in [0.25, 0.3) is 0 Å². The first-order valence-corrected chi connectivity index (χ1v) is 8.63. The molecule has 0 aliphatic heterocycles. The lowest BCUT2D eigenvalue weighted by atomic mass is 10.3. The fraction of sp³-hybridized carbons (Fsp3) is 0.188. The van der Waals surface area contributed by atoms with Gasteiger partial charge in [-0.2, -0.15) is 8.78 Å². The van der Waals surface area contributed by atoms with E-state index in [4.69, 9.17) is 0 Å². The van der Waals surface area contributed by atoms with Gasteiger partial charge in [0.1, 0.15) is 5.82 Å². The van der Waals surface area contributed by atoms with Gasteiger partial charge in [-0.3, -0.25) is 4.79 Å². The lowest BCUT2D eigenvalue weighted by Gasteiger charge is -2.07. The largest absolute Gasteiger partial charge is 0.326 e. The maximum Gasteiger partial charge on any atom is 0.288 e. The molecule has 2 nitrogen and oxygen atoms in total. The number of halogens is 3. The lowest BCUT2D eigenvalue weighted by molar-refractivity contribution is -0.115. The molecule has 0 saturated carbocycles. The maximum atomic E-state index is 13.4. The molecule has 2 aromatic rings. The number of hydrogen-bond donors (Lipinski definition) is 1. The molecule has 0 fully saturated rings. The Morgan fingerprint density at radius 2 is 1.91 bits per heavy atom. The first kappa shape index (κ1) is 17.7. The highest BCUT2D eigenvalue weighted by atomic mass is 32.2. The van der Waals surface area contributed by atoms with Gasteiger partial charge in [-0.25, -0.2) is 4.39 Å². The van der Waals surface area contributed by atoms with E-state index in [0.717, 1.165) is 0 Å². The van der Waals surface area contributed by atoms with Crippen LogP contribution in [0.2, 0.25) is 0 Å². The molecule has 0 atom stereocenters. The number of rotatable bonds is 7. The minimum Gasteiger partial charge on any atom is -0.326 e. The van der Waals surface area contributed by atoms with Crippen LogP contribution < -0.4 is 5.32 Å². The van der Waals surface area contributed by atoms with Crippen molar-refractivity contribution in [2.75, 3.05) is 11.1 Å². The number of hydrogen-bond acceptors (Lipinski definition) is 3. The molecule has 0 spiro atoms. The van der Waals surface area contributed by atoms with Crippen molar-refractivity contribution >= 4 is 35.1 Å². The van der Waals surface area contributed by atoms with E-state index in [9.17, 15) is 18.0 Å². The molecule has 1 N–H and O–H groups in total.